The van der Waals surface area contributed by atoms with E-state index in [-0.39, 0.29) is 18.2 Å². The summed E-state index contributed by atoms with van der Waals surface area (Å²) in [6.07, 6.45) is 2.34. The lowest BCUT2D eigenvalue weighted by Gasteiger charge is -2.46. The first-order valence-electron chi connectivity index (χ1n) is 6.93. The van der Waals surface area contributed by atoms with Crippen LogP contribution in [0.3, 0.4) is 0 Å². The lowest BCUT2D eigenvalue weighted by Crippen LogP contribution is -2.60. The van der Waals surface area contributed by atoms with Crippen LogP contribution in [0.25, 0.3) is 0 Å². The summed E-state index contributed by atoms with van der Waals surface area (Å²) in [5.74, 6) is 0. The SMILES string of the molecule is Cn1ncc(CO[C@H]2C[C@H]3COC[C@@H](C2)N3C(=O)O)c1Br. The molecule has 0 unspecified atom stereocenters. The van der Waals surface area contributed by atoms with Gasteiger partial charge in [0.05, 0.1) is 44.2 Å². The van der Waals surface area contributed by atoms with Crippen LogP contribution in [-0.2, 0) is 23.1 Å². The number of halogens is 1. The third-order valence-corrected chi connectivity index (χ3v) is 5.13. The molecule has 116 valence electrons. The van der Waals surface area contributed by atoms with Gasteiger partial charge in [-0.2, -0.15) is 5.10 Å². The molecule has 0 spiro atoms. The molecule has 2 fully saturated rings. The lowest BCUT2D eigenvalue weighted by atomic mass is 9.92. The number of hydrogen-bond donors (Lipinski definition) is 1. The molecule has 1 N–H and O–H groups in total. The number of rotatable bonds is 3. The van der Waals surface area contributed by atoms with Crippen molar-refractivity contribution < 1.29 is 19.4 Å². The van der Waals surface area contributed by atoms with Crippen LogP contribution in [-0.4, -0.2) is 57.3 Å². The number of hydrogen-bond acceptors (Lipinski definition) is 4. The van der Waals surface area contributed by atoms with Crippen LogP contribution in [0, 0.1) is 0 Å². The largest absolute Gasteiger partial charge is 0.465 e. The molecule has 3 atom stereocenters. The van der Waals surface area contributed by atoms with Crippen molar-refractivity contribution in [3.63, 3.8) is 0 Å². The minimum atomic E-state index is -0.859. The second kappa shape index (κ2) is 5.94. The van der Waals surface area contributed by atoms with E-state index in [1.54, 1.807) is 10.9 Å². The molecule has 2 aliphatic heterocycles. The quantitative estimate of drug-likeness (QED) is 0.886. The monoisotopic (exact) mass is 359 g/mol. The van der Waals surface area contributed by atoms with Gasteiger partial charge in [0, 0.05) is 12.6 Å². The van der Waals surface area contributed by atoms with E-state index in [1.165, 1.54) is 4.90 Å². The van der Waals surface area contributed by atoms with E-state index < -0.39 is 6.09 Å². The maximum Gasteiger partial charge on any atom is 0.407 e. The van der Waals surface area contributed by atoms with E-state index in [1.807, 2.05) is 7.05 Å². The highest BCUT2D eigenvalue weighted by Gasteiger charge is 2.42. The van der Waals surface area contributed by atoms with E-state index in [4.69, 9.17) is 9.47 Å². The number of morpholine rings is 1. The molecule has 2 bridgehead atoms. The lowest BCUT2D eigenvalue weighted by molar-refractivity contribution is -0.109. The number of ether oxygens (including phenoxy) is 2. The number of nitrogens with zero attached hydrogens (tertiary/aromatic N) is 3. The Bertz CT molecular complexity index is 521. The van der Waals surface area contributed by atoms with Gasteiger partial charge >= 0.3 is 6.09 Å². The molecule has 0 radical (unpaired) electrons. The van der Waals surface area contributed by atoms with E-state index in [0.717, 1.165) is 10.2 Å². The Hall–Kier alpha value is -1.12. The molecule has 7 nitrogen and oxygen atoms in total. The van der Waals surface area contributed by atoms with Crippen LogP contribution in [0.4, 0.5) is 4.79 Å². The first kappa shape index (κ1) is 14.8. The number of carbonyl (C=O) groups is 1. The van der Waals surface area contributed by atoms with Gasteiger partial charge in [-0.15, -0.1) is 0 Å². The van der Waals surface area contributed by atoms with Crippen molar-refractivity contribution in [3.8, 4) is 0 Å². The van der Waals surface area contributed by atoms with Crippen LogP contribution in [0.1, 0.15) is 18.4 Å². The second-order valence-corrected chi connectivity index (χ2v) is 6.27. The Morgan fingerprint density at radius 3 is 2.71 bits per heavy atom. The van der Waals surface area contributed by atoms with Crippen molar-refractivity contribution >= 4 is 22.0 Å². The van der Waals surface area contributed by atoms with Gasteiger partial charge in [0.2, 0.25) is 0 Å². The molecule has 0 aromatic carbocycles. The van der Waals surface area contributed by atoms with E-state index in [0.29, 0.717) is 32.7 Å². The molecular weight excluding hydrogens is 342 g/mol. The zero-order chi connectivity index (χ0) is 15.0. The van der Waals surface area contributed by atoms with Gasteiger partial charge in [-0.25, -0.2) is 4.79 Å². The summed E-state index contributed by atoms with van der Waals surface area (Å²) in [6, 6.07) is -0.199. The minimum absolute atomic E-state index is 0.0617. The molecule has 21 heavy (non-hydrogen) atoms. The summed E-state index contributed by atoms with van der Waals surface area (Å²) < 4.78 is 14.1. The summed E-state index contributed by atoms with van der Waals surface area (Å²) in [7, 11) is 1.86. The molecule has 1 aromatic heterocycles. The minimum Gasteiger partial charge on any atom is -0.465 e. The van der Waals surface area contributed by atoms with Gasteiger partial charge in [0.25, 0.3) is 0 Å². The average Bonchev–Trinajstić information content (AvgIpc) is 2.75. The average molecular weight is 360 g/mol. The highest BCUT2D eigenvalue weighted by Crippen LogP contribution is 2.30. The Morgan fingerprint density at radius 2 is 2.19 bits per heavy atom. The van der Waals surface area contributed by atoms with Crippen LogP contribution in [0.2, 0.25) is 0 Å². The van der Waals surface area contributed by atoms with Crippen LogP contribution in [0.15, 0.2) is 10.8 Å². The Labute approximate surface area is 130 Å². The number of aromatic nitrogens is 2. The molecule has 3 rings (SSSR count). The predicted molar refractivity (Wildman–Crippen MR) is 77.0 cm³/mol. The fourth-order valence-corrected chi connectivity index (χ4v) is 3.39. The van der Waals surface area contributed by atoms with Crippen LogP contribution < -0.4 is 0 Å². The van der Waals surface area contributed by atoms with E-state index >= 15 is 0 Å². The summed E-state index contributed by atoms with van der Waals surface area (Å²) >= 11 is 3.47. The van der Waals surface area contributed by atoms with E-state index in [9.17, 15) is 9.90 Å². The molecular formula is C13H18BrN3O4. The molecule has 0 aliphatic carbocycles. The second-order valence-electron chi connectivity index (χ2n) is 5.52. The predicted octanol–water partition coefficient (Wildman–Crippen LogP) is 1.61. The zero-order valence-electron chi connectivity index (χ0n) is 11.7. The smallest absolute Gasteiger partial charge is 0.407 e. The van der Waals surface area contributed by atoms with Crippen molar-refractivity contribution in [2.75, 3.05) is 13.2 Å². The van der Waals surface area contributed by atoms with Crippen molar-refractivity contribution in [1.82, 2.24) is 14.7 Å². The zero-order valence-corrected chi connectivity index (χ0v) is 13.3. The number of piperidine rings is 1. The maximum atomic E-state index is 11.3. The summed E-state index contributed by atoms with van der Waals surface area (Å²) in [6.45, 7) is 1.39. The van der Waals surface area contributed by atoms with Crippen molar-refractivity contribution in [2.45, 2.75) is 37.6 Å². The summed E-state index contributed by atoms with van der Waals surface area (Å²) in [4.78, 5) is 12.8. The molecule has 8 heteroatoms. The third kappa shape index (κ3) is 2.93. The van der Waals surface area contributed by atoms with Gasteiger partial charge in [0.15, 0.2) is 0 Å². The standard InChI is InChI=1S/C13H18BrN3O4/c1-16-12(14)8(4-15-16)5-21-11-2-9-6-20-7-10(3-11)17(9)13(18)19/h4,9-11H,2-3,5-7H2,1H3,(H,18,19)/t9-,10+,11-. The number of aryl methyl sites for hydroxylation is 1. The molecule has 1 amide bonds. The molecule has 3 heterocycles. The first-order chi connectivity index (χ1) is 10.1. The highest BCUT2D eigenvalue weighted by atomic mass is 79.9. The number of amides is 1. The summed E-state index contributed by atoms with van der Waals surface area (Å²) in [5, 5.41) is 13.4. The van der Waals surface area contributed by atoms with Crippen LogP contribution in [0.5, 0.6) is 0 Å². The van der Waals surface area contributed by atoms with Crippen molar-refractivity contribution in [3.05, 3.63) is 16.4 Å². The Balaban J connectivity index is 1.61. The first-order valence-corrected chi connectivity index (χ1v) is 7.72. The molecule has 2 aliphatic rings. The fourth-order valence-electron chi connectivity index (χ4n) is 3.09. The van der Waals surface area contributed by atoms with Crippen LogP contribution >= 0.6 is 15.9 Å². The van der Waals surface area contributed by atoms with Crippen molar-refractivity contribution in [1.29, 1.82) is 0 Å². The topological polar surface area (TPSA) is 76.8 Å². The Kier molecular flexibility index (Phi) is 4.19. The number of carboxylic acid groups (broad SMARTS) is 1. The third-order valence-electron chi connectivity index (χ3n) is 4.11. The molecule has 1 aromatic rings. The highest BCUT2D eigenvalue weighted by molar-refractivity contribution is 9.10. The van der Waals surface area contributed by atoms with E-state index in [2.05, 4.69) is 21.0 Å². The maximum absolute atomic E-state index is 11.3. The van der Waals surface area contributed by atoms with Gasteiger partial charge in [0.1, 0.15) is 4.60 Å². The van der Waals surface area contributed by atoms with Gasteiger partial charge in [-0.3, -0.25) is 9.58 Å². The number of fused-ring (bicyclic) bond motifs is 2. The van der Waals surface area contributed by atoms with Gasteiger partial charge < -0.3 is 14.6 Å². The van der Waals surface area contributed by atoms with Crippen molar-refractivity contribution in [2.24, 2.45) is 7.05 Å². The fraction of sp³-hybridized carbons (Fsp3) is 0.692. The summed E-state index contributed by atoms with van der Waals surface area (Å²) in [5.41, 5.74) is 1.000. The normalized spacial score (nSPS) is 28.7. The molecule has 0 saturated carbocycles. The van der Waals surface area contributed by atoms with Gasteiger partial charge in [-0.05, 0) is 28.8 Å². The molecule has 2 saturated heterocycles. The van der Waals surface area contributed by atoms with Gasteiger partial charge in [-0.1, -0.05) is 0 Å². The Morgan fingerprint density at radius 1 is 1.52 bits per heavy atom.